The molecular weight excluding hydrogens is 456 g/mol. The number of aliphatic hydroxyl groups is 1. The lowest BCUT2D eigenvalue weighted by Crippen LogP contribution is -2.29. The number of Topliss-reactive ketones (excluding diaryl/α,β-unsaturated/α-hetero) is 1. The smallest absolute Gasteiger partial charge is 0.295 e. The molecule has 2 aromatic carbocycles. The highest BCUT2D eigenvalue weighted by molar-refractivity contribution is 6.46. The highest BCUT2D eigenvalue weighted by atomic mass is 16.5. The highest BCUT2D eigenvalue weighted by Crippen LogP contribution is 2.40. The van der Waals surface area contributed by atoms with Crippen molar-refractivity contribution in [1.29, 1.82) is 0 Å². The first-order valence-corrected chi connectivity index (χ1v) is 11.8. The lowest BCUT2D eigenvalue weighted by Gasteiger charge is -2.25. The summed E-state index contributed by atoms with van der Waals surface area (Å²) in [4.78, 5) is 32.0. The van der Waals surface area contributed by atoms with E-state index >= 15 is 0 Å². The van der Waals surface area contributed by atoms with E-state index in [9.17, 15) is 14.7 Å². The Morgan fingerprint density at radius 1 is 1.06 bits per heavy atom. The molecule has 1 N–H and O–H groups in total. The molecule has 4 rings (SSSR count). The number of pyridine rings is 1. The van der Waals surface area contributed by atoms with Crippen molar-refractivity contribution in [1.82, 2.24) is 9.88 Å². The predicted molar refractivity (Wildman–Crippen MR) is 136 cm³/mol. The normalized spacial score (nSPS) is 16.7. The Kier molecular flexibility index (Phi) is 7.80. The second-order valence-corrected chi connectivity index (χ2v) is 8.33. The number of aromatic nitrogens is 1. The molecule has 7 nitrogen and oxygen atoms in total. The Bertz CT molecular complexity index is 1250. The molecule has 1 aromatic heterocycles. The molecule has 2 heterocycles. The fourth-order valence-corrected chi connectivity index (χ4v) is 4.06. The third-order valence-corrected chi connectivity index (χ3v) is 5.78. The number of hydrogen-bond donors (Lipinski definition) is 1. The van der Waals surface area contributed by atoms with E-state index in [0.717, 1.165) is 12.0 Å². The fourth-order valence-electron chi connectivity index (χ4n) is 4.06. The third-order valence-electron chi connectivity index (χ3n) is 5.78. The number of nitrogens with zero attached hydrogens (tertiary/aromatic N) is 2. The Morgan fingerprint density at radius 3 is 2.39 bits per heavy atom. The van der Waals surface area contributed by atoms with Crippen molar-refractivity contribution in [3.05, 3.63) is 108 Å². The third kappa shape index (κ3) is 5.30. The Balaban J connectivity index is 1.75. The van der Waals surface area contributed by atoms with Gasteiger partial charge in [-0.15, -0.1) is 0 Å². The SMILES string of the molecule is C=CCOc1ccc(/C(O)=C2/C(=O)C(=O)N(Cc3cccnc3)C2c2ccc(OCCC)cc2)cc1. The van der Waals surface area contributed by atoms with Crippen LogP contribution >= 0.6 is 0 Å². The van der Waals surface area contributed by atoms with Crippen LogP contribution < -0.4 is 9.47 Å². The monoisotopic (exact) mass is 484 g/mol. The molecule has 0 aliphatic carbocycles. The highest BCUT2D eigenvalue weighted by Gasteiger charge is 2.46. The summed E-state index contributed by atoms with van der Waals surface area (Å²) in [6, 6.07) is 16.8. The molecule has 1 atom stereocenters. The van der Waals surface area contributed by atoms with Gasteiger partial charge in [-0.3, -0.25) is 14.6 Å². The van der Waals surface area contributed by atoms with Crippen LogP contribution in [0.1, 0.15) is 36.1 Å². The lowest BCUT2D eigenvalue weighted by atomic mass is 9.95. The van der Waals surface area contributed by atoms with E-state index in [2.05, 4.69) is 11.6 Å². The summed E-state index contributed by atoms with van der Waals surface area (Å²) in [5, 5.41) is 11.2. The first kappa shape index (κ1) is 24.7. The first-order chi connectivity index (χ1) is 17.5. The number of benzene rings is 2. The van der Waals surface area contributed by atoms with Crippen LogP contribution in [-0.4, -0.2) is 39.9 Å². The predicted octanol–water partition coefficient (Wildman–Crippen LogP) is 5.06. The number of aliphatic hydroxyl groups excluding tert-OH is 1. The molecule has 1 amide bonds. The van der Waals surface area contributed by atoms with Gasteiger partial charge in [0.2, 0.25) is 0 Å². The van der Waals surface area contributed by atoms with E-state index in [1.165, 1.54) is 4.90 Å². The quantitative estimate of drug-likeness (QED) is 0.187. The van der Waals surface area contributed by atoms with Crippen molar-refractivity contribution in [3.8, 4) is 11.5 Å². The number of rotatable bonds is 10. The largest absolute Gasteiger partial charge is 0.507 e. The molecule has 0 radical (unpaired) electrons. The molecule has 7 heteroatoms. The topological polar surface area (TPSA) is 89.0 Å². The number of carbonyl (C=O) groups is 2. The Morgan fingerprint density at radius 2 is 1.75 bits per heavy atom. The second-order valence-electron chi connectivity index (χ2n) is 8.33. The zero-order valence-corrected chi connectivity index (χ0v) is 20.1. The summed E-state index contributed by atoms with van der Waals surface area (Å²) >= 11 is 0. The fraction of sp³-hybridized carbons (Fsp3) is 0.207. The molecule has 0 bridgehead atoms. The van der Waals surface area contributed by atoms with Crippen molar-refractivity contribution in [2.45, 2.75) is 25.9 Å². The molecule has 1 unspecified atom stereocenters. The van der Waals surface area contributed by atoms with Crippen molar-refractivity contribution >= 4 is 17.4 Å². The van der Waals surface area contributed by atoms with Gasteiger partial charge in [0.1, 0.15) is 23.9 Å². The van der Waals surface area contributed by atoms with E-state index in [-0.39, 0.29) is 17.9 Å². The molecule has 36 heavy (non-hydrogen) atoms. The van der Waals surface area contributed by atoms with Gasteiger partial charge in [-0.25, -0.2) is 0 Å². The Hall–Kier alpha value is -4.39. The van der Waals surface area contributed by atoms with E-state index in [1.54, 1.807) is 60.9 Å². The van der Waals surface area contributed by atoms with Crippen LogP contribution in [0.25, 0.3) is 5.76 Å². The van der Waals surface area contributed by atoms with E-state index in [4.69, 9.17) is 9.47 Å². The molecule has 184 valence electrons. The minimum absolute atomic E-state index is 0.0332. The molecular formula is C29H28N2O5. The van der Waals surface area contributed by atoms with Crippen LogP contribution in [0.2, 0.25) is 0 Å². The number of ether oxygens (including phenoxy) is 2. The van der Waals surface area contributed by atoms with Crippen molar-refractivity contribution in [3.63, 3.8) is 0 Å². The van der Waals surface area contributed by atoms with Crippen molar-refractivity contribution in [2.75, 3.05) is 13.2 Å². The Labute approximate surface area is 210 Å². The van der Waals surface area contributed by atoms with E-state index in [0.29, 0.717) is 35.8 Å². The molecule has 1 fully saturated rings. The average Bonchev–Trinajstić information content (AvgIpc) is 3.16. The van der Waals surface area contributed by atoms with E-state index < -0.39 is 17.7 Å². The van der Waals surface area contributed by atoms with Gasteiger partial charge in [0.25, 0.3) is 11.7 Å². The summed E-state index contributed by atoms with van der Waals surface area (Å²) in [6.07, 6.45) is 5.81. The lowest BCUT2D eigenvalue weighted by molar-refractivity contribution is -0.140. The summed E-state index contributed by atoms with van der Waals surface area (Å²) in [7, 11) is 0. The summed E-state index contributed by atoms with van der Waals surface area (Å²) in [6.45, 7) is 6.76. The van der Waals surface area contributed by atoms with Gasteiger partial charge in [0, 0.05) is 24.5 Å². The maximum atomic E-state index is 13.2. The molecule has 1 aliphatic rings. The second kappa shape index (κ2) is 11.4. The number of carbonyl (C=O) groups excluding carboxylic acids is 2. The molecule has 1 aliphatic heterocycles. The van der Waals surface area contributed by atoms with Gasteiger partial charge in [-0.05, 0) is 60.0 Å². The first-order valence-electron chi connectivity index (χ1n) is 11.8. The summed E-state index contributed by atoms with van der Waals surface area (Å²) < 4.78 is 11.2. The maximum absolute atomic E-state index is 13.2. The minimum Gasteiger partial charge on any atom is -0.507 e. The van der Waals surface area contributed by atoms with Crippen LogP contribution in [0.3, 0.4) is 0 Å². The number of hydrogen-bond acceptors (Lipinski definition) is 6. The van der Waals surface area contributed by atoms with Gasteiger partial charge in [-0.1, -0.05) is 37.8 Å². The molecule has 1 saturated heterocycles. The minimum atomic E-state index is -0.776. The summed E-state index contributed by atoms with van der Waals surface area (Å²) in [5.41, 5.74) is 1.91. The number of likely N-dealkylation sites (tertiary alicyclic amines) is 1. The zero-order valence-electron chi connectivity index (χ0n) is 20.1. The standard InChI is InChI=1S/C29H28N2O5/c1-3-16-35-23-11-7-21(8-12-23)26-25(27(32)22-9-13-24(14-10-22)36-17-4-2)28(33)29(34)31(26)19-20-6-5-15-30-18-20/h4-15,18,26,32H,2-3,16-17,19H2,1H3/b27-25-. The average molecular weight is 485 g/mol. The number of ketones is 1. The molecule has 0 saturated carbocycles. The van der Waals surface area contributed by atoms with Crippen molar-refractivity contribution in [2.24, 2.45) is 0 Å². The summed E-state index contributed by atoms with van der Waals surface area (Å²) in [5.74, 6) is -0.362. The van der Waals surface area contributed by atoms with Crippen LogP contribution in [0, 0.1) is 0 Å². The van der Waals surface area contributed by atoms with Crippen LogP contribution in [-0.2, 0) is 16.1 Å². The van der Waals surface area contributed by atoms with Crippen molar-refractivity contribution < 1.29 is 24.2 Å². The van der Waals surface area contributed by atoms with Gasteiger partial charge >= 0.3 is 0 Å². The van der Waals surface area contributed by atoms with Gasteiger partial charge in [0.05, 0.1) is 18.2 Å². The van der Waals surface area contributed by atoms with Crippen LogP contribution in [0.5, 0.6) is 11.5 Å². The molecule has 0 spiro atoms. The zero-order chi connectivity index (χ0) is 25.5. The van der Waals surface area contributed by atoms with Crippen LogP contribution in [0.15, 0.2) is 91.3 Å². The molecule has 3 aromatic rings. The maximum Gasteiger partial charge on any atom is 0.295 e. The van der Waals surface area contributed by atoms with Gasteiger partial charge in [0.15, 0.2) is 0 Å². The van der Waals surface area contributed by atoms with Gasteiger partial charge < -0.3 is 19.5 Å². The number of amides is 1. The van der Waals surface area contributed by atoms with Crippen LogP contribution in [0.4, 0.5) is 0 Å². The van der Waals surface area contributed by atoms with E-state index in [1.807, 2.05) is 25.1 Å². The van der Waals surface area contributed by atoms with Gasteiger partial charge in [-0.2, -0.15) is 0 Å².